The van der Waals surface area contributed by atoms with Crippen molar-refractivity contribution >= 4 is 0 Å². The van der Waals surface area contributed by atoms with Gasteiger partial charge in [-0.2, -0.15) is 0 Å². The molecular weight excluding hydrogens is 1990 g/mol. The van der Waals surface area contributed by atoms with Gasteiger partial charge < -0.3 is 9.97 Å². The first-order valence-electron chi connectivity index (χ1n) is 49.1. The van der Waals surface area contributed by atoms with Crippen molar-refractivity contribution < 1.29 is 40.2 Å². The number of hydrogen-bond donors (Lipinski definition) is 0. The largest absolute Gasteiger partial charge is 0.305 e. The van der Waals surface area contributed by atoms with Crippen molar-refractivity contribution in [2.45, 2.75) is 285 Å². The molecule has 0 aliphatic heterocycles. The number of rotatable bonds is 25. The zero-order valence-electron chi connectivity index (χ0n) is 87.3. The van der Waals surface area contributed by atoms with Crippen LogP contribution in [0.3, 0.4) is 0 Å². The Hall–Kier alpha value is -9.76. The number of pyridine rings is 2. The van der Waals surface area contributed by atoms with Gasteiger partial charge in [-0.3, -0.25) is 0 Å². The van der Waals surface area contributed by atoms with Gasteiger partial charge in [0.2, 0.25) is 0 Å². The third-order valence-corrected chi connectivity index (χ3v) is 26.7. The van der Waals surface area contributed by atoms with Crippen LogP contribution in [0.1, 0.15) is 302 Å². The molecule has 12 aromatic carbocycles. The van der Waals surface area contributed by atoms with Crippen molar-refractivity contribution in [3.63, 3.8) is 0 Å². The number of aromatic nitrogens is 2. The zero-order valence-corrected chi connectivity index (χ0v) is 92.1. The minimum Gasteiger partial charge on any atom is -0.305 e. The standard InChI is InChI=1S/C86H102N.C45H52N.2Ir/c1-79(2,3)55-83(13,14)73-39-31-60(32-40-73)67-49-68(61-33-41-74(42-34-61)84(15,16)56-80(4,5)6)52-71(51-67)72-53-69(50-70(54-72)65-24-23-25-66(48-65)77-26-21-22-47-87-77)59-27-29-62(30-28-59)78(63-35-43-75(44-36-63)85(17,18)57-81(7,8)9)64-37-45-76(46-38-64)86(19,20)58-82(10,11)12;1-42(2,3)30-44(7,8)39-21-17-32(18-22-39)36-27-37(33-19-23-40(24-20-33)45(9,10)31-43(4,5)6)29-38(28-36)34-14-13-15-35(26-34)41-16-11-12-25-46-41;;/h21-24,26-54,78H,55-58H2,1-20H3;11-14,16-29H,30-31H2,1-10H3;;/q2*-1;;. The molecule has 0 unspecified atom stereocenters. The van der Waals surface area contributed by atoms with Gasteiger partial charge in [-0.15, -0.1) is 70.8 Å². The van der Waals surface area contributed by atoms with Crippen LogP contribution in [0.15, 0.2) is 310 Å². The molecule has 0 bridgehead atoms. The van der Waals surface area contributed by atoms with E-state index in [9.17, 15) is 0 Å². The first-order valence-corrected chi connectivity index (χ1v) is 49.1. The molecule has 2 radical (unpaired) electrons. The summed E-state index contributed by atoms with van der Waals surface area (Å²) in [7, 11) is 0. The van der Waals surface area contributed by atoms with E-state index < -0.39 is 0 Å². The molecule has 0 amide bonds. The third-order valence-electron chi connectivity index (χ3n) is 26.7. The van der Waals surface area contributed by atoms with Gasteiger partial charge in [0.15, 0.2) is 0 Å². The van der Waals surface area contributed by atoms with E-state index in [0.29, 0.717) is 0 Å². The van der Waals surface area contributed by atoms with Crippen LogP contribution in [0.25, 0.3) is 112 Å². The summed E-state index contributed by atoms with van der Waals surface area (Å²) in [6, 6.07) is 119. The second-order valence-corrected chi connectivity index (χ2v) is 50.1. The summed E-state index contributed by atoms with van der Waals surface area (Å²) in [4.78, 5) is 9.33. The Bertz CT molecular complexity index is 6000. The van der Waals surface area contributed by atoms with Gasteiger partial charge in [0.05, 0.1) is 0 Å². The molecule has 0 spiro atoms. The molecule has 135 heavy (non-hydrogen) atoms. The molecule has 14 aromatic rings. The van der Waals surface area contributed by atoms with E-state index in [1.165, 1.54) is 111 Å². The topological polar surface area (TPSA) is 25.8 Å². The maximum Gasteiger partial charge on any atom is 0.0340 e. The Morgan fingerprint density at radius 3 is 0.563 bits per heavy atom. The van der Waals surface area contributed by atoms with Crippen molar-refractivity contribution in [2.75, 3.05) is 0 Å². The van der Waals surface area contributed by atoms with Crippen LogP contribution in [-0.4, -0.2) is 9.97 Å². The predicted molar refractivity (Wildman–Crippen MR) is 577 cm³/mol. The summed E-state index contributed by atoms with van der Waals surface area (Å²) in [5, 5.41) is 0. The Morgan fingerprint density at radius 1 is 0.193 bits per heavy atom. The predicted octanol–water partition coefficient (Wildman–Crippen LogP) is 37.9. The third kappa shape index (κ3) is 28.3. The fourth-order valence-corrected chi connectivity index (χ4v) is 22.7. The molecule has 14 rings (SSSR count). The van der Waals surface area contributed by atoms with Crippen molar-refractivity contribution in [2.24, 2.45) is 32.5 Å². The Balaban J connectivity index is 0.000000307. The Labute approximate surface area is 843 Å². The second-order valence-electron chi connectivity index (χ2n) is 50.1. The van der Waals surface area contributed by atoms with E-state index >= 15 is 0 Å². The molecular formula is C131H154Ir2N2-2. The average Bonchev–Trinajstić information content (AvgIpc) is 0.819. The van der Waals surface area contributed by atoms with Crippen molar-refractivity contribution in [1.29, 1.82) is 0 Å². The summed E-state index contributed by atoms with van der Waals surface area (Å²) in [6.07, 6.45) is 10.4. The van der Waals surface area contributed by atoms with E-state index in [1.807, 2.05) is 42.7 Å². The smallest absolute Gasteiger partial charge is 0.0340 e. The molecule has 4 heteroatoms. The van der Waals surface area contributed by atoms with Crippen LogP contribution < -0.4 is 0 Å². The van der Waals surface area contributed by atoms with Gasteiger partial charge in [-0.25, -0.2) is 0 Å². The fraction of sp³-hybridized carbons (Fsp3) is 0.374. The maximum absolute atomic E-state index is 4.75. The van der Waals surface area contributed by atoms with E-state index in [2.05, 4.69) is 492 Å². The fourth-order valence-electron chi connectivity index (χ4n) is 22.7. The normalized spacial score (nSPS) is 12.8. The van der Waals surface area contributed by atoms with Gasteiger partial charge in [-0.1, -0.05) is 402 Å². The van der Waals surface area contributed by atoms with Crippen molar-refractivity contribution in [3.05, 3.63) is 372 Å². The van der Waals surface area contributed by atoms with Gasteiger partial charge >= 0.3 is 0 Å². The first-order chi connectivity index (χ1) is 62.0. The van der Waals surface area contributed by atoms with Crippen LogP contribution in [0, 0.1) is 44.6 Å². The summed E-state index contributed by atoms with van der Waals surface area (Å²) in [5.74, 6) is 0.0458. The van der Waals surface area contributed by atoms with Gasteiger partial charge in [0.25, 0.3) is 0 Å². The van der Waals surface area contributed by atoms with E-state index in [0.717, 1.165) is 88.9 Å². The Morgan fingerprint density at radius 2 is 0.370 bits per heavy atom. The van der Waals surface area contributed by atoms with Crippen LogP contribution >= 0.6 is 0 Å². The number of nitrogens with zero attached hydrogens (tertiary/aromatic N) is 2. The Kier molecular flexibility index (Phi) is 32.5. The number of hydrogen-bond acceptors (Lipinski definition) is 2. The van der Waals surface area contributed by atoms with Crippen LogP contribution in [-0.2, 0) is 72.7 Å². The second kappa shape index (κ2) is 41.5. The van der Waals surface area contributed by atoms with E-state index in [1.54, 1.807) is 0 Å². The zero-order chi connectivity index (χ0) is 96.5. The van der Waals surface area contributed by atoms with E-state index in [4.69, 9.17) is 4.98 Å². The molecule has 0 aliphatic carbocycles. The van der Waals surface area contributed by atoms with Gasteiger partial charge in [-0.05, 0) is 310 Å². The molecule has 0 fully saturated rings. The molecule has 0 aliphatic rings. The molecule has 0 N–H and O–H groups in total. The van der Waals surface area contributed by atoms with Crippen molar-refractivity contribution in [1.82, 2.24) is 9.97 Å². The molecule has 2 aromatic heterocycles. The summed E-state index contributed by atoms with van der Waals surface area (Å²) >= 11 is 0. The van der Waals surface area contributed by atoms with Crippen molar-refractivity contribution in [3.8, 4) is 112 Å². The minimum atomic E-state index is 0. The molecule has 0 saturated carbocycles. The molecule has 708 valence electrons. The molecule has 2 nitrogen and oxygen atoms in total. The molecule has 0 saturated heterocycles. The summed E-state index contributed by atoms with van der Waals surface area (Å²) in [5.41, 5.74) is 36.8. The quantitative estimate of drug-likeness (QED) is 0.0421. The monoisotopic (exact) mass is 2140 g/mol. The van der Waals surface area contributed by atoms with E-state index in [-0.39, 0.29) is 111 Å². The molecule has 2 heterocycles. The van der Waals surface area contributed by atoms with Crippen LogP contribution in [0.2, 0.25) is 0 Å². The van der Waals surface area contributed by atoms with Crippen LogP contribution in [0.5, 0.6) is 0 Å². The maximum atomic E-state index is 4.75. The average molecular weight is 2140 g/mol. The summed E-state index contributed by atoms with van der Waals surface area (Å²) < 4.78 is 0. The van der Waals surface area contributed by atoms with Crippen LogP contribution in [0.4, 0.5) is 0 Å². The number of benzene rings is 12. The first kappa shape index (κ1) is 106. The SMILES string of the molecule is CC(C)(C)CC(C)(C)c1ccc(-c2cc(-c3ccc(C(C)(C)CC(C)(C)C)cc3)cc(-c3cc(-c4ccc(C(c5ccc(C(C)(C)CC(C)(C)C)cc5)c5ccc(C(C)(C)CC(C)(C)C)cc5)cc4)cc(-c4cc[c-]c(-c5ccccn5)c4)c3)c2)cc1.CC(C)(C)CC(C)(C)c1ccc(-c2cc(-c3ccc(C(C)(C)CC(C)(C)C)cc3)cc(-c3cc[c-]c(-c4ccccn4)c3)c2)cc1.[Ir].[Ir]. The minimum absolute atomic E-state index is 0. The van der Waals surface area contributed by atoms with Gasteiger partial charge in [0, 0.05) is 58.5 Å². The molecule has 0 atom stereocenters. The summed E-state index contributed by atoms with van der Waals surface area (Å²) in [6.45, 7) is 70.8. The van der Waals surface area contributed by atoms with Gasteiger partial charge in [0.1, 0.15) is 0 Å².